The minimum Gasteiger partial charge on any atom is -0.481 e. The summed E-state index contributed by atoms with van der Waals surface area (Å²) < 4.78 is 0. The molecule has 0 spiro atoms. The van der Waals surface area contributed by atoms with Crippen LogP contribution >= 0.6 is 0 Å². The molecule has 0 aliphatic rings. The molecule has 2 N–H and O–H groups in total. The number of nitrogens with one attached hydrogen (secondary N) is 1. The number of anilines is 1. The minimum absolute atomic E-state index is 0.000408. The van der Waals surface area contributed by atoms with Gasteiger partial charge in [0.15, 0.2) is 0 Å². The highest BCUT2D eigenvalue weighted by Gasteiger charge is 2.10. The van der Waals surface area contributed by atoms with Gasteiger partial charge in [0.1, 0.15) is 0 Å². The number of amides is 1. The summed E-state index contributed by atoms with van der Waals surface area (Å²) in [5.74, 6) is -0.895. The van der Waals surface area contributed by atoms with Crippen molar-refractivity contribution in [3.63, 3.8) is 0 Å². The molecular weight excluding hydrogens is 218 g/mol. The number of hydrogen-bond donors (Lipinski definition) is 2. The zero-order valence-corrected chi connectivity index (χ0v) is 10.1. The molecule has 1 aromatic rings. The summed E-state index contributed by atoms with van der Waals surface area (Å²) in [5, 5.41) is 11.4. The summed E-state index contributed by atoms with van der Waals surface area (Å²) in [4.78, 5) is 22.1. The first-order valence-electron chi connectivity index (χ1n) is 5.64. The van der Waals surface area contributed by atoms with E-state index in [1.54, 1.807) is 24.3 Å². The lowest BCUT2D eigenvalue weighted by Gasteiger charge is -2.10. The molecule has 17 heavy (non-hydrogen) atoms. The van der Waals surface area contributed by atoms with Crippen molar-refractivity contribution in [2.24, 2.45) is 5.92 Å². The van der Waals surface area contributed by atoms with Crippen LogP contribution in [-0.4, -0.2) is 17.0 Å². The number of carbonyl (C=O) groups is 2. The second kappa shape index (κ2) is 6.03. The Kier molecular flexibility index (Phi) is 4.69. The molecule has 1 atom stereocenters. The Morgan fingerprint density at radius 2 is 1.88 bits per heavy atom. The van der Waals surface area contributed by atoms with E-state index >= 15 is 0 Å². The van der Waals surface area contributed by atoms with Crippen LogP contribution in [0.2, 0.25) is 0 Å². The highest BCUT2D eigenvalue weighted by atomic mass is 16.4. The number of aliphatic carboxylic acids is 1. The highest BCUT2D eigenvalue weighted by Crippen LogP contribution is 2.12. The number of carboxylic acid groups (broad SMARTS) is 1. The predicted molar refractivity (Wildman–Crippen MR) is 65.9 cm³/mol. The van der Waals surface area contributed by atoms with E-state index in [1.807, 2.05) is 13.8 Å². The number of benzene rings is 1. The smallest absolute Gasteiger partial charge is 0.307 e. The number of rotatable bonds is 5. The molecule has 0 saturated carbocycles. The Balaban J connectivity index is 2.62. The first-order valence-corrected chi connectivity index (χ1v) is 5.64. The van der Waals surface area contributed by atoms with Crippen molar-refractivity contribution >= 4 is 17.6 Å². The molecule has 0 saturated heterocycles. The SMILES string of the molecule is CCC(C)C(=O)Nc1ccc(CC(=O)O)cc1. The van der Waals surface area contributed by atoms with Gasteiger partial charge in [-0.05, 0) is 24.1 Å². The molecule has 1 rings (SSSR count). The molecule has 0 bridgehead atoms. The summed E-state index contributed by atoms with van der Waals surface area (Å²) in [7, 11) is 0. The third-order valence-corrected chi connectivity index (χ3v) is 2.64. The first kappa shape index (κ1) is 13.2. The molecule has 0 aliphatic carbocycles. The fourth-order valence-corrected chi connectivity index (χ4v) is 1.33. The van der Waals surface area contributed by atoms with Crippen molar-refractivity contribution in [2.75, 3.05) is 5.32 Å². The molecule has 1 aromatic carbocycles. The Hall–Kier alpha value is -1.84. The van der Waals surface area contributed by atoms with E-state index in [2.05, 4.69) is 5.32 Å². The van der Waals surface area contributed by atoms with E-state index in [0.29, 0.717) is 5.69 Å². The van der Waals surface area contributed by atoms with Crippen LogP contribution in [0.25, 0.3) is 0 Å². The average molecular weight is 235 g/mol. The zero-order chi connectivity index (χ0) is 12.8. The molecule has 0 heterocycles. The zero-order valence-electron chi connectivity index (χ0n) is 10.1. The van der Waals surface area contributed by atoms with Gasteiger partial charge in [-0.15, -0.1) is 0 Å². The number of carboxylic acids is 1. The van der Waals surface area contributed by atoms with Crippen molar-refractivity contribution in [2.45, 2.75) is 26.7 Å². The summed E-state index contributed by atoms with van der Waals surface area (Å²) >= 11 is 0. The summed E-state index contributed by atoms with van der Waals surface area (Å²) in [5.41, 5.74) is 1.42. The van der Waals surface area contributed by atoms with E-state index in [9.17, 15) is 9.59 Å². The van der Waals surface area contributed by atoms with Crippen molar-refractivity contribution in [1.82, 2.24) is 0 Å². The first-order chi connectivity index (χ1) is 8.02. The second-order valence-electron chi connectivity index (χ2n) is 4.07. The summed E-state index contributed by atoms with van der Waals surface area (Å²) in [6.45, 7) is 3.83. The van der Waals surface area contributed by atoms with Crippen molar-refractivity contribution in [3.05, 3.63) is 29.8 Å². The maximum Gasteiger partial charge on any atom is 0.307 e. The molecule has 1 amide bonds. The van der Waals surface area contributed by atoms with Gasteiger partial charge in [-0.3, -0.25) is 9.59 Å². The maximum atomic E-state index is 11.6. The molecule has 4 heteroatoms. The normalized spacial score (nSPS) is 11.9. The third-order valence-electron chi connectivity index (χ3n) is 2.64. The minimum atomic E-state index is -0.860. The van der Waals surface area contributed by atoms with E-state index in [4.69, 9.17) is 5.11 Å². The van der Waals surface area contributed by atoms with Crippen LogP contribution in [0.5, 0.6) is 0 Å². The lowest BCUT2D eigenvalue weighted by atomic mass is 10.1. The second-order valence-corrected chi connectivity index (χ2v) is 4.07. The Morgan fingerprint density at radius 3 is 2.35 bits per heavy atom. The van der Waals surface area contributed by atoms with Crippen LogP contribution in [-0.2, 0) is 16.0 Å². The van der Waals surface area contributed by atoms with Gasteiger partial charge in [-0.25, -0.2) is 0 Å². The summed E-state index contributed by atoms with van der Waals surface area (Å²) in [6, 6.07) is 6.86. The van der Waals surface area contributed by atoms with Gasteiger partial charge >= 0.3 is 5.97 Å². The molecule has 92 valence electrons. The van der Waals surface area contributed by atoms with Crippen LogP contribution < -0.4 is 5.32 Å². The van der Waals surface area contributed by atoms with Gasteiger partial charge < -0.3 is 10.4 Å². The third kappa shape index (κ3) is 4.26. The van der Waals surface area contributed by atoms with Gasteiger partial charge in [-0.2, -0.15) is 0 Å². The van der Waals surface area contributed by atoms with Crippen LogP contribution in [0.15, 0.2) is 24.3 Å². The standard InChI is InChI=1S/C13H17NO3/c1-3-9(2)13(17)14-11-6-4-10(5-7-11)8-12(15)16/h4-7,9H,3,8H2,1-2H3,(H,14,17)(H,15,16). The number of carbonyl (C=O) groups excluding carboxylic acids is 1. The van der Waals surface area contributed by atoms with Gasteiger partial charge in [0.05, 0.1) is 6.42 Å². The maximum absolute atomic E-state index is 11.6. The molecule has 4 nitrogen and oxygen atoms in total. The van der Waals surface area contributed by atoms with Crippen LogP contribution in [0.1, 0.15) is 25.8 Å². The Bertz CT molecular complexity index is 398. The van der Waals surface area contributed by atoms with E-state index in [-0.39, 0.29) is 18.2 Å². The van der Waals surface area contributed by atoms with E-state index in [1.165, 1.54) is 0 Å². The van der Waals surface area contributed by atoms with Crippen LogP contribution in [0, 0.1) is 5.92 Å². The van der Waals surface area contributed by atoms with Crippen molar-refractivity contribution in [1.29, 1.82) is 0 Å². The van der Waals surface area contributed by atoms with Gasteiger partial charge in [0.25, 0.3) is 0 Å². The average Bonchev–Trinajstić information content (AvgIpc) is 2.30. The van der Waals surface area contributed by atoms with Crippen molar-refractivity contribution in [3.8, 4) is 0 Å². The van der Waals surface area contributed by atoms with Gasteiger partial charge in [0, 0.05) is 11.6 Å². The number of hydrogen-bond acceptors (Lipinski definition) is 2. The topological polar surface area (TPSA) is 66.4 Å². The van der Waals surface area contributed by atoms with Crippen molar-refractivity contribution < 1.29 is 14.7 Å². The van der Waals surface area contributed by atoms with Gasteiger partial charge in [0.2, 0.25) is 5.91 Å². The molecule has 0 radical (unpaired) electrons. The monoisotopic (exact) mass is 235 g/mol. The quantitative estimate of drug-likeness (QED) is 0.822. The lowest BCUT2D eigenvalue weighted by Crippen LogP contribution is -2.19. The Labute approximate surface area is 101 Å². The highest BCUT2D eigenvalue weighted by molar-refractivity contribution is 5.92. The van der Waals surface area contributed by atoms with E-state index in [0.717, 1.165) is 12.0 Å². The molecular formula is C13H17NO3. The fraction of sp³-hybridized carbons (Fsp3) is 0.385. The largest absolute Gasteiger partial charge is 0.481 e. The molecule has 0 aromatic heterocycles. The van der Waals surface area contributed by atoms with Gasteiger partial charge in [-0.1, -0.05) is 26.0 Å². The molecule has 1 unspecified atom stereocenters. The Morgan fingerprint density at radius 1 is 1.29 bits per heavy atom. The molecule has 0 aliphatic heterocycles. The van der Waals surface area contributed by atoms with Crippen LogP contribution in [0.3, 0.4) is 0 Å². The van der Waals surface area contributed by atoms with Crippen LogP contribution in [0.4, 0.5) is 5.69 Å². The lowest BCUT2D eigenvalue weighted by molar-refractivity contribution is -0.136. The molecule has 0 fully saturated rings. The fourth-order valence-electron chi connectivity index (χ4n) is 1.33. The van der Waals surface area contributed by atoms with E-state index < -0.39 is 5.97 Å². The summed E-state index contributed by atoms with van der Waals surface area (Å²) in [6.07, 6.45) is 0.794. The predicted octanol–water partition coefficient (Wildman–Crippen LogP) is 2.30.